The van der Waals surface area contributed by atoms with Gasteiger partial charge in [-0.2, -0.15) is 4.63 Å². The van der Waals surface area contributed by atoms with Crippen molar-refractivity contribution in [1.29, 1.82) is 0 Å². The van der Waals surface area contributed by atoms with E-state index in [9.17, 15) is 9.59 Å². The number of hydrogen-bond donors (Lipinski definition) is 5. The summed E-state index contributed by atoms with van der Waals surface area (Å²) < 4.78 is 13.6. The third-order valence-corrected chi connectivity index (χ3v) is 11.4. The summed E-state index contributed by atoms with van der Waals surface area (Å²) in [6.45, 7) is 12.2. The number of aromatic nitrogens is 4. The molecular weight excluding hydrogens is 801 g/mol. The Morgan fingerprint density at radius 3 is 1.31 bits per heavy atom. The van der Waals surface area contributed by atoms with Gasteiger partial charge in [-0.3, -0.25) is 5.10 Å². The Balaban J connectivity index is 1.12. The van der Waals surface area contributed by atoms with Crippen LogP contribution in [0.15, 0.2) is 72.8 Å². The van der Waals surface area contributed by atoms with E-state index < -0.39 is 12.1 Å². The van der Waals surface area contributed by atoms with Crippen molar-refractivity contribution in [3.63, 3.8) is 0 Å². The maximum Gasteiger partial charge on any atom is 0.323 e. The summed E-state index contributed by atoms with van der Waals surface area (Å²) in [7, 11) is 0. The number of amides is 4. The fourth-order valence-corrected chi connectivity index (χ4v) is 7.60. The predicted octanol–water partition coefficient (Wildman–Crippen LogP) is 14.9. The number of anilines is 4. The van der Waals surface area contributed by atoms with E-state index in [1.807, 2.05) is 54.6 Å². The molecule has 5 rings (SSSR count). The van der Waals surface area contributed by atoms with Crippen LogP contribution in [-0.2, 0) is 5.41 Å². The summed E-state index contributed by atoms with van der Waals surface area (Å²) in [6, 6.07) is 21.1. The average molecular weight is 877 g/mol. The minimum Gasteiger partial charge on any atom is -0.494 e. The summed E-state index contributed by atoms with van der Waals surface area (Å²) >= 11 is 0. The molecule has 348 valence electrons. The zero-order valence-electron chi connectivity index (χ0n) is 39.5. The molecule has 12 nitrogen and oxygen atoms in total. The van der Waals surface area contributed by atoms with Gasteiger partial charge in [0.2, 0.25) is 0 Å². The third kappa shape index (κ3) is 17.9. The van der Waals surface area contributed by atoms with Gasteiger partial charge in [-0.05, 0) is 79.6 Å². The number of urea groups is 2. The molecule has 2 heterocycles. The Morgan fingerprint density at radius 2 is 0.922 bits per heavy atom. The summed E-state index contributed by atoms with van der Waals surface area (Å²) in [4.78, 5) is 31.4. The fourth-order valence-electron chi connectivity index (χ4n) is 7.60. The number of carbonyl (C=O) groups is 2. The lowest BCUT2D eigenvalue weighted by molar-refractivity contribution is 0.261. The number of nitrogens with one attached hydrogen (secondary N) is 5. The van der Waals surface area contributed by atoms with Crippen molar-refractivity contribution in [3.8, 4) is 22.9 Å². The van der Waals surface area contributed by atoms with Crippen molar-refractivity contribution >= 4 is 40.5 Å². The minimum absolute atomic E-state index is 0.107. The number of benzene rings is 3. The van der Waals surface area contributed by atoms with Gasteiger partial charge in [-0.25, -0.2) is 14.6 Å². The van der Waals surface area contributed by atoms with Crippen molar-refractivity contribution in [2.45, 2.75) is 168 Å². The number of aromatic amines is 1. The number of ether oxygens (including phenoxy) is 2. The number of fused-ring (bicyclic) bond motifs is 1. The molecule has 64 heavy (non-hydrogen) atoms. The second-order valence-electron chi connectivity index (χ2n) is 18.2. The number of H-pyrrole nitrogens is 1. The van der Waals surface area contributed by atoms with Crippen LogP contribution in [0.3, 0.4) is 0 Å². The largest absolute Gasteiger partial charge is 0.494 e. The number of unbranched alkanes of at least 4 members (excludes halogenated alkanes) is 18. The van der Waals surface area contributed by atoms with Crippen LogP contribution in [0.25, 0.3) is 17.0 Å². The van der Waals surface area contributed by atoms with Crippen LogP contribution in [0.5, 0.6) is 11.5 Å². The summed E-state index contributed by atoms with van der Waals surface area (Å²) in [6.07, 6.45) is 25.6. The van der Waals surface area contributed by atoms with E-state index in [1.54, 1.807) is 22.8 Å². The van der Waals surface area contributed by atoms with Crippen LogP contribution in [-0.4, -0.2) is 45.1 Å². The van der Waals surface area contributed by atoms with E-state index in [2.05, 4.69) is 66.1 Å². The van der Waals surface area contributed by atoms with E-state index in [1.165, 1.54) is 116 Å². The van der Waals surface area contributed by atoms with Crippen molar-refractivity contribution in [3.05, 3.63) is 78.5 Å². The van der Waals surface area contributed by atoms with Crippen molar-refractivity contribution < 1.29 is 19.1 Å². The summed E-state index contributed by atoms with van der Waals surface area (Å²) in [5.74, 6) is 1.97. The number of nitrogens with zero attached hydrogens (tertiary/aromatic N) is 3. The van der Waals surface area contributed by atoms with Crippen LogP contribution in [0.2, 0.25) is 0 Å². The van der Waals surface area contributed by atoms with Crippen LogP contribution in [0.4, 0.5) is 32.3 Å². The van der Waals surface area contributed by atoms with Crippen molar-refractivity contribution in [2.24, 2.45) is 0 Å². The highest BCUT2D eigenvalue weighted by Gasteiger charge is 2.20. The van der Waals surface area contributed by atoms with Gasteiger partial charge in [0.15, 0.2) is 11.5 Å². The van der Waals surface area contributed by atoms with Gasteiger partial charge >= 0.3 is 12.1 Å². The SMILES string of the molecule is CCCCCCCCCCCCOc1ccc(NC(=O)Nc2cc(NC(=O)Nc3ccc(OCCCCCCCCCCCC)cc3)cc(-c3nc4cc(C(C)(C)C)[nH]n4n3)c2)cc1. The highest BCUT2D eigenvalue weighted by Crippen LogP contribution is 2.29. The van der Waals surface area contributed by atoms with Crippen LogP contribution in [0, 0.1) is 0 Å². The highest BCUT2D eigenvalue weighted by atomic mass is 16.5. The van der Waals surface area contributed by atoms with Gasteiger partial charge in [-0.1, -0.05) is 150 Å². The molecule has 12 heteroatoms. The maximum atomic E-state index is 13.3. The molecule has 0 fully saturated rings. The Labute approximate surface area is 382 Å². The van der Waals surface area contributed by atoms with Gasteiger partial charge in [0.05, 0.1) is 13.2 Å². The molecular formula is C52H76N8O4. The van der Waals surface area contributed by atoms with Gasteiger partial charge in [0.1, 0.15) is 11.5 Å². The van der Waals surface area contributed by atoms with Gasteiger partial charge in [-0.15, -0.1) is 5.10 Å². The van der Waals surface area contributed by atoms with Gasteiger partial charge in [0.25, 0.3) is 0 Å². The first-order valence-corrected chi connectivity index (χ1v) is 24.3. The summed E-state index contributed by atoms with van der Waals surface area (Å²) in [5, 5.41) is 19.6. The molecule has 2 aromatic heterocycles. The first-order chi connectivity index (χ1) is 31.1. The normalized spacial score (nSPS) is 11.5. The van der Waals surface area contributed by atoms with E-state index in [4.69, 9.17) is 14.5 Å². The maximum absolute atomic E-state index is 13.3. The number of hydrogen-bond acceptors (Lipinski definition) is 6. The predicted molar refractivity (Wildman–Crippen MR) is 264 cm³/mol. The molecule has 3 aromatic carbocycles. The molecule has 0 bridgehead atoms. The molecule has 0 saturated carbocycles. The first kappa shape index (κ1) is 49.5. The molecule has 5 aromatic rings. The number of rotatable bonds is 29. The Morgan fingerprint density at radius 1 is 0.531 bits per heavy atom. The Bertz CT molecular complexity index is 1970. The third-order valence-electron chi connectivity index (χ3n) is 11.4. The number of carbonyl (C=O) groups excluding carboxylic acids is 2. The van der Waals surface area contributed by atoms with Crippen molar-refractivity contribution in [1.82, 2.24) is 19.8 Å². The molecule has 0 aliphatic heterocycles. The van der Waals surface area contributed by atoms with Crippen LogP contribution < -0.4 is 30.7 Å². The second kappa shape index (κ2) is 27.0. The molecule has 4 amide bonds. The zero-order valence-corrected chi connectivity index (χ0v) is 39.5. The van der Waals surface area contributed by atoms with Crippen LogP contribution >= 0.6 is 0 Å². The molecule has 0 spiro atoms. The zero-order chi connectivity index (χ0) is 45.4. The van der Waals surface area contributed by atoms with Crippen molar-refractivity contribution in [2.75, 3.05) is 34.5 Å². The molecule has 5 N–H and O–H groups in total. The Hall–Kier alpha value is -5.52. The Kier molecular flexibility index (Phi) is 20.8. The van der Waals surface area contributed by atoms with E-state index >= 15 is 0 Å². The smallest absolute Gasteiger partial charge is 0.323 e. The quantitative estimate of drug-likeness (QED) is 0.0302. The van der Waals surface area contributed by atoms with Crippen LogP contribution in [0.1, 0.15) is 169 Å². The summed E-state index contributed by atoms with van der Waals surface area (Å²) in [5.41, 5.74) is 4.29. The minimum atomic E-state index is -0.443. The molecule has 0 radical (unpaired) electrons. The molecule has 0 atom stereocenters. The molecule has 0 unspecified atom stereocenters. The first-order valence-electron chi connectivity index (χ1n) is 24.3. The second-order valence-corrected chi connectivity index (χ2v) is 18.2. The fraction of sp³-hybridized carbons (Fsp3) is 0.538. The average Bonchev–Trinajstić information content (AvgIpc) is 3.87. The standard InChI is InChI=1S/C52H76N8O4/c1-6-8-10-12-14-16-18-20-22-24-34-63-45-30-26-41(27-31-45)53-50(61)55-43-36-40(49-57-48-39-47(52(3,4)5)58-60(48)59-49)37-44(38-43)56-51(62)54-42-28-32-46(33-29-42)64-35-25-23-21-19-17-15-13-11-9-7-2/h26-33,36-39,58H,6-25,34-35H2,1-5H3,(H2,53,55,61)(H2,54,56,62). The van der Waals surface area contributed by atoms with E-state index in [-0.39, 0.29) is 5.41 Å². The lowest BCUT2D eigenvalue weighted by Gasteiger charge is -2.15. The monoisotopic (exact) mass is 877 g/mol. The van der Waals surface area contributed by atoms with E-state index in [0.29, 0.717) is 53.0 Å². The topological polar surface area (TPSA) is 147 Å². The van der Waals surface area contributed by atoms with Gasteiger partial charge < -0.3 is 30.7 Å². The lowest BCUT2D eigenvalue weighted by Crippen LogP contribution is -2.21. The lowest BCUT2D eigenvalue weighted by atomic mass is 9.93. The highest BCUT2D eigenvalue weighted by molar-refractivity contribution is 6.03. The molecule has 0 aliphatic carbocycles. The molecule has 0 aliphatic rings. The van der Waals surface area contributed by atoms with E-state index in [0.717, 1.165) is 30.0 Å². The van der Waals surface area contributed by atoms with Gasteiger partial charge in [0, 0.05) is 45.5 Å². The molecule has 0 saturated heterocycles.